The first-order chi connectivity index (χ1) is 21.4. The fraction of sp³-hybridized carbons (Fsp3) is 0.838. The van der Waals surface area contributed by atoms with E-state index in [9.17, 15) is 9.59 Å². The van der Waals surface area contributed by atoms with Gasteiger partial charge in [-0.25, -0.2) is 0 Å². The van der Waals surface area contributed by atoms with Gasteiger partial charge in [-0.1, -0.05) is 129 Å². The zero-order valence-corrected chi connectivity index (χ0v) is 29.6. The van der Waals surface area contributed by atoms with Gasteiger partial charge in [-0.05, 0) is 26.7 Å². The molecular formula is C37H64O6S. The van der Waals surface area contributed by atoms with Crippen molar-refractivity contribution >= 4 is 23.3 Å². The van der Waals surface area contributed by atoms with Crippen LogP contribution in [0.15, 0.2) is 0 Å². The molecule has 7 heteroatoms. The predicted octanol–water partition coefficient (Wildman–Crippen LogP) is 10.8. The van der Waals surface area contributed by atoms with E-state index in [-0.39, 0.29) is 38.0 Å². The summed E-state index contributed by atoms with van der Waals surface area (Å²) in [4.78, 5) is 28.1. The molecule has 0 saturated carbocycles. The lowest BCUT2D eigenvalue weighted by Crippen LogP contribution is -2.39. The molecular weight excluding hydrogens is 572 g/mol. The van der Waals surface area contributed by atoms with Gasteiger partial charge in [-0.3, -0.25) is 9.59 Å². The molecule has 0 fully saturated rings. The Balaban J connectivity index is 1.74. The first-order valence-electron chi connectivity index (χ1n) is 18.1. The Hall–Kier alpha value is -1.76. The van der Waals surface area contributed by atoms with Gasteiger partial charge in [0.05, 0.1) is 44.7 Å². The zero-order valence-electron chi connectivity index (χ0n) is 28.7. The Morgan fingerprint density at radius 2 is 0.886 bits per heavy atom. The Bertz CT molecular complexity index is 840. The van der Waals surface area contributed by atoms with Crippen LogP contribution < -0.4 is 9.47 Å². The van der Waals surface area contributed by atoms with E-state index in [1.165, 1.54) is 103 Å². The average Bonchev–Trinajstić information content (AvgIpc) is 3.14. The number of unbranched alkanes of at least 4 members (excludes halogenated alkanes) is 18. The minimum absolute atomic E-state index is 0.0733. The minimum atomic E-state index is -0.820. The quantitative estimate of drug-likeness (QED) is 0.0744. The summed E-state index contributed by atoms with van der Waals surface area (Å²) in [5, 5.41) is 0. The topological polar surface area (TPSA) is 71.1 Å². The van der Waals surface area contributed by atoms with Gasteiger partial charge < -0.3 is 18.9 Å². The first-order valence-corrected chi connectivity index (χ1v) is 18.9. The van der Waals surface area contributed by atoms with Gasteiger partial charge in [-0.15, -0.1) is 11.3 Å². The Kier molecular flexibility index (Phi) is 20.6. The van der Waals surface area contributed by atoms with Crippen LogP contribution in [-0.2, 0) is 19.1 Å². The summed E-state index contributed by atoms with van der Waals surface area (Å²) >= 11 is 1.64. The van der Waals surface area contributed by atoms with Crippen molar-refractivity contribution in [2.45, 2.75) is 169 Å². The molecule has 0 radical (unpaired) electrons. The number of carbonyl (C=O) groups excluding carboxylic acids is 2. The number of rotatable bonds is 26. The molecule has 2 rings (SSSR count). The van der Waals surface area contributed by atoms with Crippen molar-refractivity contribution in [1.82, 2.24) is 0 Å². The summed E-state index contributed by atoms with van der Waals surface area (Å²) in [5.74, 6) is 0.862. The number of hydrogen-bond donors (Lipinski definition) is 0. The van der Waals surface area contributed by atoms with Crippen LogP contribution in [0.2, 0.25) is 0 Å². The van der Waals surface area contributed by atoms with Crippen LogP contribution in [0.4, 0.5) is 0 Å². The number of fused-ring (bicyclic) bond motifs is 1. The van der Waals surface area contributed by atoms with Crippen LogP contribution in [0.25, 0.3) is 0 Å². The highest BCUT2D eigenvalue weighted by atomic mass is 32.1. The van der Waals surface area contributed by atoms with Gasteiger partial charge in [-0.2, -0.15) is 0 Å². The molecule has 0 N–H and O–H groups in total. The number of carbonyl (C=O) groups is 2. The highest BCUT2D eigenvalue weighted by molar-refractivity contribution is 7.12. The number of thiophene rings is 1. The van der Waals surface area contributed by atoms with Crippen LogP contribution in [0.5, 0.6) is 11.5 Å². The largest absolute Gasteiger partial charge is 0.488 e. The SMILES string of the molecule is CCCCCCCCCCCCOC(=O)CC1(CC(=O)OCCCCCCCCCCCC)COc2c(C)sc(C)c2OC1. The van der Waals surface area contributed by atoms with Crippen molar-refractivity contribution in [3.63, 3.8) is 0 Å². The smallest absolute Gasteiger partial charge is 0.306 e. The summed E-state index contributed by atoms with van der Waals surface area (Å²) in [6.45, 7) is 9.79. The number of ether oxygens (including phenoxy) is 4. The summed E-state index contributed by atoms with van der Waals surface area (Å²) in [5.41, 5.74) is -0.820. The highest BCUT2D eigenvalue weighted by Gasteiger charge is 2.41. The molecule has 254 valence electrons. The second-order valence-corrected chi connectivity index (χ2v) is 14.5. The second-order valence-electron chi connectivity index (χ2n) is 13.1. The average molecular weight is 637 g/mol. The number of esters is 2. The summed E-state index contributed by atoms with van der Waals surface area (Å²) < 4.78 is 23.7. The van der Waals surface area contributed by atoms with E-state index in [4.69, 9.17) is 18.9 Å². The van der Waals surface area contributed by atoms with Crippen molar-refractivity contribution in [3.8, 4) is 11.5 Å². The summed E-state index contributed by atoms with van der Waals surface area (Å²) in [7, 11) is 0. The third-order valence-corrected chi connectivity index (χ3v) is 9.74. The van der Waals surface area contributed by atoms with Crippen molar-refractivity contribution in [2.24, 2.45) is 5.41 Å². The lowest BCUT2D eigenvalue weighted by molar-refractivity contribution is -0.153. The zero-order chi connectivity index (χ0) is 31.9. The fourth-order valence-corrected chi connectivity index (χ4v) is 6.95. The second kappa shape index (κ2) is 23.6. The monoisotopic (exact) mass is 636 g/mol. The van der Waals surface area contributed by atoms with E-state index in [2.05, 4.69) is 13.8 Å². The van der Waals surface area contributed by atoms with Crippen LogP contribution in [0.1, 0.15) is 165 Å². The molecule has 0 bridgehead atoms. The van der Waals surface area contributed by atoms with E-state index < -0.39 is 5.41 Å². The fourth-order valence-electron chi connectivity index (χ4n) is 6.00. The summed E-state index contributed by atoms with van der Waals surface area (Å²) in [6.07, 6.45) is 24.8. The maximum atomic E-state index is 13.0. The van der Waals surface area contributed by atoms with Gasteiger partial charge in [0.2, 0.25) is 0 Å². The van der Waals surface area contributed by atoms with E-state index in [0.29, 0.717) is 13.2 Å². The minimum Gasteiger partial charge on any atom is -0.488 e. The molecule has 2 heterocycles. The van der Waals surface area contributed by atoms with Gasteiger partial charge in [0.25, 0.3) is 0 Å². The molecule has 0 atom stereocenters. The van der Waals surface area contributed by atoms with Gasteiger partial charge in [0.1, 0.15) is 0 Å². The van der Waals surface area contributed by atoms with E-state index in [1.54, 1.807) is 11.3 Å². The lowest BCUT2D eigenvalue weighted by Gasteiger charge is -2.29. The van der Waals surface area contributed by atoms with E-state index in [1.807, 2.05) is 13.8 Å². The Labute approximate surface area is 273 Å². The van der Waals surface area contributed by atoms with Crippen molar-refractivity contribution < 1.29 is 28.5 Å². The van der Waals surface area contributed by atoms with Gasteiger partial charge in [0.15, 0.2) is 11.5 Å². The molecule has 1 aromatic rings. The van der Waals surface area contributed by atoms with Crippen LogP contribution in [0, 0.1) is 19.3 Å². The Morgan fingerprint density at radius 3 is 1.23 bits per heavy atom. The molecule has 0 amide bonds. The highest BCUT2D eigenvalue weighted by Crippen LogP contribution is 2.45. The maximum Gasteiger partial charge on any atom is 0.306 e. The van der Waals surface area contributed by atoms with Crippen molar-refractivity contribution in [2.75, 3.05) is 26.4 Å². The molecule has 0 aliphatic carbocycles. The standard InChI is InChI=1S/C37H64O6S/c1-5-7-9-11-13-15-17-19-21-23-25-40-33(38)27-37(29-42-35-31(3)44-32(4)36(35)43-30-37)28-34(39)41-26-24-22-20-18-16-14-12-10-8-6-2/h5-30H2,1-4H3. The molecule has 0 aromatic carbocycles. The molecule has 1 aliphatic heterocycles. The lowest BCUT2D eigenvalue weighted by atomic mass is 9.82. The third-order valence-electron chi connectivity index (χ3n) is 8.76. The van der Waals surface area contributed by atoms with Crippen LogP contribution in [0.3, 0.4) is 0 Å². The molecule has 6 nitrogen and oxygen atoms in total. The molecule has 0 spiro atoms. The van der Waals surface area contributed by atoms with E-state index in [0.717, 1.165) is 46.9 Å². The van der Waals surface area contributed by atoms with Crippen LogP contribution in [-0.4, -0.2) is 38.4 Å². The van der Waals surface area contributed by atoms with Gasteiger partial charge >= 0.3 is 11.9 Å². The molecule has 1 aliphatic rings. The maximum absolute atomic E-state index is 13.0. The molecule has 0 saturated heterocycles. The third kappa shape index (κ3) is 16.0. The van der Waals surface area contributed by atoms with Crippen molar-refractivity contribution in [3.05, 3.63) is 9.75 Å². The molecule has 0 unspecified atom stereocenters. The molecule has 1 aromatic heterocycles. The normalized spacial score (nSPS) is 13.9. The first kappa shape index (κ1) is 38.4. The predicted molar refractivity (Wildman–Crippen MR) is 182 cm³/mol. The Morgan fingerprint density at radius 1 is 0.568 bits per heavy atom. The van der Waals surface area contributed by atoms with Crippen LogP contribution >= 0.6 is 11.3 Å². The van der Waals surface area contributed by atoms with Crippen molar-refractivity contribution in [1.29, 1.82) is 0 Å². The van der Waals surface area contributed by atoms with E-state index >= 15 is 0 Å². The number of hydrogen-bond acceptors (Lipinski definition) is 7. The van der Waals surface area contributed by atoms with Gasteiger partial charge in [0, 0.05) is 9.75 Å². The molecule has 44 heavy (non-hydrogen) atoms. The number of aryl methyl sites for hydroxylation is 2. The summed E-state index contributed by atoms with van der Waals surface area (Å²) in [6, 6.07) is 0.